The van der Waals surface area contributed by atoms with E-state index >= 15 is 0 Å². The summed E-state index contributed by atoms with van der Waals surface area (Å²) in [7, 11) is -3.44. The van der Waals surface area contributed by atoms with Gasteiger partial charge in [-0.2, -0.15) is 0 Å². The zero-order valence-corrected chi connectivity index (χ0v) is 10.3. The van der Waals surface area contributed by atoms with Crippen molar-refractivity contribution >= 4 is 9.84 Å². The molecule has 2 atom stereocenters. The van der Waals surface area contributed by atoms with Crippen LogP contribution in [0.1, 0.15) is 18.5 Å². The number of rotatable bonds is 5. The Bertz CT molecular complexity index is 458. The zero-order valence-electron chi connectivity index (χ0n) is 9.51. The van der Waals surface area contributed by atoms with Crippen molar-refractivity contribution in [1.82, 2.24) is 0 Å². The molecule has 0 saturated heterocycles. The third-order valence-electron chi connectivity index (χ3n) is 2.70. The molecule has 0 spiro atoms. The maximum Gasteiger partial charge on any atom is 0.157 e. The Hall–Kier alpha value is -0.980. The molecule has 6 heteroatoms. The first-order chi connectivity index (χ1) is 7.92. The lowest BCUT2D eigenvalue weighted by atomic mass is 10.0. The van der Waals surface area contributed by atoms with Crippen molar-refractivity contribution in [2.45, 2.75) is 18.2 Å². The van der Waals surface area contributed by atoms with Gasteiger partial charge in [-0.3, -0.25) is 0 Å². The van der Waals surface area contributed by atoms with Gasteiger partial charge in [0.15, 0.2) is 9.84 Å². The Balaban J connectivity index is 3.02. The van der Waals surface area contributed by atoms with Crippen molar-refractivity contribution in [3.8, 4) is 0 Å². The van der Waals surface area contributed by atoms with Crippen LogP contribution in [0.3, 0.4) is 0 Å². The van der Waals surface area contributed by atoms with E-state index in [1.165, 1.54) is 31.2 Å². The highest BCUT2D eigenvalue weighted by atomic mass is 32.2. The van der Waals surface area contributed by atoms with Gasteiger partial charge >= 0.3 is 0 Å². The van der Waals surface area contributed by atoms with E-state index in [1.54, 1.807) is 0 Å². The van der Waals surface area contributed by atoms with Crippen LogP contribution in [0.15, 0.2) is 24.3 Å². The average Bonchev–Trinajstić information content (AvgIpc) is 2.30. The Morgan fingerprint density at radius 2 is 1.88 bits per heavy atom. The fraction of sp³-hybridized carbons (Fsp3) is 0.455. The van der Waals surface area contributed by atoms with Crippen molar-refractivity contribution in [3.63, 3.8) is 0 Å². The quantitative estimate of drug-likeness (QED) is 0.814. The van der Waals surface area contributed by atoms with Crippen molar-refractivity contribution in [2.24, 2.45) is 5.73 Å². The highest BCUT2D eigenvalue weighted by molar-refractivity contribution is 7.92. The zero-order chi connectivity index (χ0) is 13.1. The first kappa shape index (κ1) is 14.1. The molecular weight excluding hydrogens is 245 g/mol. The topological polar surface area (TPSA) is 80.4 Å². The molecule has 4 nitrogen and oxygen atoms in total. The smallest absolute Gasteiger partial charge is 0.157 e. The number of benzene rings is 1. The van der Waals surface area contributed by atoms with Gasteiger partial charge in [-0.05, 0) is 17.7 Å². The van der Waals surface area contributed by atoms with Crippen molar-refractivity contribution in [2.75, 3.05) is 12.4 Å². The molecular formula is C11H16FNO3S. The lowest BCUT2D eigenvalue weighted by molar-refractivity contribution is 0.277. The van der Waals surface area contributed by atoms with Crippen LogP contribution in [0, 0.1) is 5.82 Å². The lowest BCUT2D eigenvalue weighted by Gasteiger charge is -2.21. The standard InChI is InChI=1S/C11H16FNO3S/c1-2-17(15,16)10(7-14)11(13)8-3-5-9(12)6-4-8/h3-6,10-11,14H,2,7,13H2,1H3. The number of sulfone groups is 1. The number of hydrogen-bond donors (Lipinski definition) is 2. The number of hydrogen-bond acceptors (Lipinski definition) is 4. The molecule has 0 saturated carbocycles. The van der Waals surface area contributed by atoms with E-state index in [9.17, 15) is 12.8 Å². The Morgan fingerprint density at radius 3 is 2.29 bits per heavy atom. The summed E-state index contributed by atoms with van der Waals surface area (Å²) in [6.07, 6.45) is 0. The summed E-state index contributed by atoms with van der Waals surface area (Å²) < 4.78 is 36.1. The Kier molecular flexibility index (Phi) is 4.62. The molecule has 0 fully saturated rings. The normalized spacial score (nSPS) is 15.5. The van der Waals surface area contributed by atoms with Crippen LogP contribution in [0.4, 0.5) is 4.39 Å². The molecule has 0 aliphatic rings. The summed E-state index contributed by atoms with van der Waals surface area (Å²) >= 11 is 0. The first-order valence-corrected chi connectivity index (χ1v) is 6.97. The van der Waals surface area contributed by atoms with E-state index in [1.807, 2.05) is 0 Å². The third kappa shape index (κ3) is 3.24. The van der Waals surface area contributed by atoms with Gasteiger partial charge in [-0.15, -0.1) is 0 Å². The summed E-state index contributed by atoms with van der Waals surface area (Å²) in [5, 5.41) is 8.09. The summed E-state index contributed by atoms with van der Waals surface area (Å²) in [5.74, 6) is -0.507. The second-order valence-electron chi connectivity index (χ2n) is 3.75. The predicted octanol–water partition coefficient (Wildman–Crippen LogP) is 0.621. The van der Waals surface area contributed by atoms with E-state index < -0.39 is 33.6 Å². The lowest BCUT2D eigenvalue weighted by Crippen LogP contribution is -2.37. The molecule has 2 unspecified atom stereocenters. The van der Waals surface area contributed by atoms with Gasteiger partial charge in [0.1, 0.15) is 11.1 Å². The summed E-state index contributed by atoms with van der Waals surface area (Å²) in [4.78, 5) is 0. The molecule has 0 radical (unpaired) electrons. The van der Waals surface area contributed by atoms with E-state index in [2.05, 4.69) is 0 Å². The van der Waals surface area contributed by atoms with E-state index in [-0.39, 0.29) is 5.75 Å². The third-order valence-corrected chi connectivity index (χ3v) is 4.87. The van der Waals surface area contributed by atoms with E-state index in [0.29, 0.717) is 5.56 Å². The Morgan fingerprint density at radius 1 is 1.35 bits per heavy atom. The van der Waals surface area contributed by atoms with Gasteiger partial charge in [0, 0.05) is 11.8 Å². The van der Waals surface area contributed by atoms with Crippen LogP contribution in [-0.2, 0) is 9.84 Å². The summed E-state index contributed by atoms with van der Waals surface area (Å²) in [6, 6.07) is 4.41. The van der Waals surface area contributed by atoms with E-state index in [0.717, 1.165) is 0 Å². The molecule has 0 aliphatic carbocycles. The second kappa shape index (κ2) is 5.57. The Labute approximate surface area is 100 Å². The molecule has 0 amide bonds. The molecule has 17 heavy (non-hydrogen) atoms. The van der Waals surface area contributed by atoms with Gasteiger partial charge in [-0.1, -0.05) is 19.1 Å². The van der Waals surface area contributed by atoms with Gasteiger partial charge in [0.25, 0.3) is 0 Å². The molecule has 1 rings (SSSR count). The fourth-order valence-corrected chi connectivity index (χ4v) is 2.82. The minimum absolute atomic E-state index is 0.0902. The van der Waals surface area contributed by atoms with Gasteiger partial charge in [0.2, 0.25) is 0 Å². The maximum absolute atomic E-state index is 12.7. The van der Waals surface area contributed by atoms with Crippen LogP contribution in [0.2, 0.25) is 0 Å². The second-order valence-corrected chi connectivity index (χ2v) is 6.26. The molecule has 0 heterocycles. The maximum atomic E-state index is 12.7. The van der Waals surface area contributed by atoms with E-state index in [4.69, 9.17) is 10.8 Å². The number of aliphatic hydroxyl groups is 1. The van der Waals surface area contributed by atoms with Crippen LogP contribution in [-0.4, -0.2) is 31.1 Å². The average molecular weight is 261 g/mol. The number of halogens is 1. The van der Waals surface area contributed by atoms with Crippen molar-refractivity contribution < 1.29 is 17.9 Å². The largest absolute Gasteiger partial charge is 0.395 e. The molecule has 0 bridgehead atoms. The van der Waals surface area contributed by atoms with Gasteiger partial charge in [-0.25, -0.2) is 12.8 Å². The fourth-order valence-electron chi connectivity index (χ4n) is 1.56. The van der Waals surface area contributed by atoms with Crippen LogP contribution in [0.25, 0.3) is 0 Å². The van der Waals surface area contributed by atoms with Crippen molar-refractivity contribution in [3.05, 3.63) is 35.6 Å². The van der Waals surface area contributed by atoms with Crippen molar-refractivity contribution in [1.29, 1.82) is 0 Å². The monoisotopic (exact) mass is 261 g/mol. The van der Waals surface area contributed by atoms with Crippen LogP contribution < -0.4 is 5.73 Å². The molecule has 0 aliphatic heterocycles. The first-order valence-electron chi connectivity index (χ1n) is 5.25. The minimum Gasteiger partial charge on any atom is -0.395 e. The molecule has 96 valence electrons. The molecule has 1 aromatic rings. The molecule has 3 N–H and O–H groups in total. The highest BCUT2D eigenvalue weighted by Gasteiger charge is 2.30. The molecule has 0 aromatic heterocycles. The van der Waals surface area contributed by atoms with Gasteiger partial charge in [0.05, 0.1) is 6.61 Å². The highest BCUT2D eigenvalue weighted by Crippen LogP contribution is 2.20. The van der Waals surface area contributed by atoms with Gasteiger partial charge < -0.3 is 10.8 Å². The SMILES string of the molecule is CCS(=O)(=O)C(CO)C(N)c1ccc(F)cc1. The van der Waals surface area contributed by atoms with Crippen LogP contribution in [0.5, 0.6) is 0 Å². The number of nitrogens with two attached hydrogens (primary N) is 1. The molecule has 1 aromatic carbocycles. The predicted molar refractivity (Wildman–Crippen MR) is 63.7 cm³/mol. The number of aliphatic hydroxyl groups excluding tert-OH is 1. The van der Waals surface area contributed by atoms with Crippen LogP contribution >= 0.6 is 0 Å². The summed E-state index contributed by atoms with van der Waals surface area (Å²) in [6.45, 7) is 0.949. The summed E-state index contributed by atoms with van der Waals surface area (Å²) in [5.41, 5.74) is 6.29. The minimum atomic E-state index is -3.44.